The normalized spacial score (nSPS) is 19.0. The first-order chi connectivity index (χ1) is 9.24. The fourth-order valence-electron chi connectivity index (χ4n) is 2.82. The van der Waals surface area contributed by atoms with Crippen LogP contribution in [0.4, 0.5) is 0 Å². The zero-order chi connectivity index (χ0) is 13.2. The highest BCUT2D eigenvalue weighted by molar-refractivity contribution is 7.09. The minimum Gasteiger partial charge on any atom is -0.294 e. The van der Waals surface area contributed by atoms with Crippen molar-refractivity contribution in [3.8, 4) is 0 Å². The van der Waals surface area contributed by atoms with Crippen LogP contribution >= 0.6 is 11.3 Å². The van der Waals surface area contributed by atoms with E-state index in [1.807, 2.05) is 25.1 Å². The molecule has 1 heterocycles. The van der Waals surface area contributed by atoms with Gasteiger partial charge in [-0.15, -0.1) is 11.3 Å². The van der Waals surface area contributed by atoms with Crippen molar-refractivity contribution in [3.05, 3.63) is 51.5 Å². The van der Waals surface area contributed by atoms with E-state index in [1.54, 1.807) is 11.3 Å². The molecule has 2 nitrogen and oxygen atoms in total. The minimum absolute atomic E-state index is 0.102. The summed E-state index contributed by atoms with van der Waals surface area (Å²) in [5, 5.41) is 3.16. The van der Waals surface area contributed by atoms with Crippen molar-refractivity contribution in [1.29, 1.82) is 0 Å². The van der Waals surface area contributed by atoms with Crippen molar-refractivity contribution in [2.24, 2.45) is 5.92 Å². The van der Waals surface area contributed by atoms with E-state index in [4.69, 9.17) is 0 Å². The second-order valence-electron chi connectivity index (χ2n) is 5.17. The Morgan fingerprint density at radius 2 is 2.21 bits per heavy atom. The van der Waals surface area contributed by atoms with Crippen molar-refractivity contribution >= 4 is 17.1 Å². The number of hydrogen-bond acceptors (Lipinski definition) is 3. The number of rotatable bonds is 2. The molecule has 98 valence electrons. The first kappa shape index (κ1) is 12.5. The van der Waals surface area contributed by atoms with Gasteiger partial charge in [-0.05, 0) is 31.7 Å². The van der Waals surface area contributed by atoms with E-state index in [-0.39, 0.29) is 5.92 Å². The number of Topliss-reactive ketones (excluding diaryl/α,β-unsaturated/α-hetero) is 1. The number of hydrogen-bond donors (Lipinski definition) is 0. The van der Waals surface area contributed by atoms with Gasteiger partial charge in [-0.25, -0.2) is 4.98 Å². The molecular weight excluding hydrogens is 254 g/mol. The molecule has 0 spiro atoms. The quantitative estimate of drug-likeness (QED) is 0.777. The zero-order valence-electron chi connectivity index (χ0n) is 11.1. The van der Waals surface area contributed by atoms with E-state index in [1.165, 1.54) is 5.56 Å². The molecule has 3 heteroatoms. The number of carbonyl (C=O) groups excluding carboxylic acids is 1. The lowest BCUT2D eigenvalue weighted by Crippen LogP contribution is -2.16. The molecule has 1 unspecified atom stereocenters. The molecule has 0 saturated carbocycles. The number of aromatic nitrogens is 1. The van der Waals surface area contributed by atoms with Gasteiger partial charge in [0.15, 0.2) is 5.78 Å². The van der Waals surface area contributed by atoms with Crippen LogP contribution in [0.1, 0.15) is 39.5 Å². The molecule has 1 aliphatic rings. The molecule has 19 heavy (non-hydrogen) atoms. The summed E-state index contributed by atoms with van der Waals surface area (Å²) < 4.78 is 0. The second-order valence-corrected chi connectivity index (χ2v) is 6.23. The van der Waals surface area contributed by atoms with Gasteiger partial charge < -0.3 is 0 Å². The lowest BCUT2D eigenvalue weighted by atomic mass is 9.91. The van der Waals surface area contributed by atoms with Crippen molar-refractivity contribution in [2.75, 3.05) is 0 Å². The SMILES string of the molecule is Cc1nc(CC2CCCc3ccccc3C2=O)cs1. The Labute approximate surface area is 117 Å². The van der Waals surface area contributed by atoms with Crippen LogP contribution in [0.5, 0.6) is 0 Å². The summed E-state index contributed by atoms with van der Waals surface area (Å²) in [6.07, 6.45) is 3.88. The Balaban J connectivity index is 1.85. The lowest BCUT2D eigenvalue weighted by molar-refractivity contribution is 0.0914. The average molecular weight is 271 g/mol. The number of carbonyl (C=O) groups is 1. The third kappa shape index (κ3) is 2.61. The van der Waals surface area contributed by atoms with Crippen LogP contribution in [-0.2, 0) is 12.8 Å². The van der Waals surface area contributed by atoms with Gasteiger partial charge in [0.05, 0.1) is 10.7 Å². The highest BCUT2D eigenvalue weighted by atomic mass is 32.1. The second kappa shape index (κ2) is 5.25. The van der Waals surface area contributed by atoms with E-state index in [9.17, 15) is 4.79 Å². The Bertz CT molecular complexity index is 602. The smallest absolute Gasteiger partial charge is 0.166 e. The van der Waals surface area contributed by atoms with E-state index >= 15 is 0 Å². The summed E-state index contributed by atoms with van der Waals surface area (Å²) in [5.41, 5.74) is 3.21. The molecule has 1 atom stereocenters. The van der Waals surface area contributed by atoms with Crippen molar-refractivity contribution in [2.45, 2.75) is 32.6 Å². The maximum atomic E-state index is 12.6. The van der Waals surface area contributed by atoms with Gasteiger partial charge in [-0.2, -0.15) is 0 Å². The molecule has 1 aromatic carbocycles. The molecule has 1 aromatic heterocycles. The number of nitrogens with zero attached hydrogens (tertiary/aromatic N) is 1. The van der Waals surface area contributed by atoms with Crippen LogP contribution in [0.15, 0.2) is 29.6 Å². The van der Waals surface area contributed by atoms with E-state index in [2.05, 4.69) is 16.4 Å². The molecular formula is C16H17NOS. The third-order valence-corrected chi connectivity index (χ3v) is 4.60. The predicted molar refractivity (Wildman–Crippen MR) is 77.8 cm³/mol. The van der Waals surface area contributed by atoms with Crippen LogP contribution < -0.4 is 0 Å². The number of benzene rings is 1. The molecule has 0 saturated heterocycles. The summed E-state index contributed by atoms with van der Waals surface area (Å²) >= 11 is 1.66. The molecule has 0 radical (unpaired) electrons. The van der Waals surface area contributed by atoms with Crippen molar-refractivity contribution in [1.82, 2.24) is 4.98 Å². The van der Waals surface area contributed by atoms with Gasteiger partial charge in [-0.1, -0.05) is 24.3 Å². The Morgan fingerprint density at radius 1 is 1.37 bits per heavy atom. The monoisotopic (exact) mass is 271 g/mol. The highest BCUT2D eigenvalue weighted by Crippen LogP contribution is 2.27. The van der Waals surface area contributed by atoms with E-state index in [0.717, 1.165) is 41.9 Å². The van der Waals surface area contributed by atoms with Crippen LogP contribution in [-0.4, -0.2) is 10.8 Å². The fraction of sp³-hybridized carbons (Fsp3) is 0.375. The highest BCUT2D eigenvalue weighted by Gasteiger charge is 2.25. The Morgan fingerprint density at radius 3 is 3.00 bits per heavy atom. The summed E-state index contributed by atoms with van der Waals surface area (Å²) in [5.74, 6) is 0.406. The molecule has 0 fully saturated rings. The van der Waals surface area contributed by atoms with Crippen LogP contribution in [0.25, 0.3) is 0 Å². The largest absolute Gasteiger partial charge is 0.294 e. The van der Waals surface area contributed by atoms with Crippen molar-refractivity contribution < 1.29 is 4.79 Å². The molecule has 0 aliphatic heterocycles. The predicted octanol–water partition coefficient (Wildman–Crippen LogP) is 3.83. The van der Waals surface area contributed by atoms with E-state index in [0.29, 0.717) is 5.78 Å². The lowest BCUT2D eigenvalue weighted by Gasteiger charge is -2.12. The van der Waals surface area contributed by atoms with Gasteiger partial charge >= 0.3 is 0 Å². The van der Waals surface area contributed by atoms with Crippen LogP contribution in [0, 0.1) is 12.8 Å². The average Bonchev–Trinajstić information content (AvgIpc) is 2.75. The minimum atomic E-state index is 0.102. The molecule has 1 aliphatic carbocycles. The summed E-state index contributed by atoms with van der Waals surface area (Å²) in [6.45, 7) is 2.01. The van der Waals surface area contributed by atoms with Crippen LogP contribution in [0.2, 0.25) is 0 Å². The topological polar surface area (TPSA) is 30.0 Å². The van der Waals surface area contributed by atoms with Gasteiger partial charge in [0.2, 0.25) is 0 Å². The van der Waals surface area contributed by atoms with Crippen LogP contribution in [0.3, 0.4) is 0 Å². The molecule has 0 N–H and O–H groups in total. The Kier molecular flexibility index (Phi) is 3.47. The number of thiazole rings is 1. The molecule has 0 bridgehead atoms. The molecule has 2 aromatic rings. The Hall–Kier alpha value is -1.48. The first-order valence-electron chi connectivity index (χ1n) is 6.77. The van der Waals surface area contributed by atoms with Crippen molar-refractivity contribution in [3.63, 3.8) is 0 Å². The summed E-state index contributed by atoms with van der Waals surface area (Å²) in [7, 11) is 0. The van der Waals surface area contributed by atoms with Gasteiger partial charge in [0, 0.05) is 23.3 Å². The third-order valence-electron chi connectivity index (χ3n) is 3.77. The standard InChI is InChI=1S/C16H17NOS/c1-11-17-14(10-19-11)9-13-7-4-6-12-5-2-3-8-15(12)16(13)18/h2-3,5,8,10,13H,4,6-7,9H2,1H3. The van der Waals surface area contributed by atoms with Gasteiger partial charge in [0.25, 0.3) is 0 Å². The van der Waals surface area contributed by atoms with Gasteiger partial charge in [-0.3, -0.25) is 4.79 Å². The zero-order valence-corrected chi connectivity index (χ0v) is 11.9. The maximum absolute atomic E-state index is 12.6. The fourth-order valence-corrected chi connectivity index (χ4v) is 3.44. The molecule has 3 rings (SSSR count). The van der Waals surface area contributed by atoms with E-state index < -0.39 is 0 Å². The molecule has 0 amide bonds. The number of fused-ring (bicyclic) bond motifs is 1. The summed E-state index contributed by atoms with van der Waals surface area (Å²) in [4.78, 5) is 17.1. The first-order valence-corrected chi connectivity index (χ1v) is 7.65. The number of ketones is 1. The summed E-state index contributed by atoms with van der Waals surface area (Å²) in [6, 6.07) is 8.05. The number of aryl methyl sites for hydroxylation is 2. The van der Waals surface area contributed by atoms with Gasteiger partial charge in [0.1, 0.15) is 0 Å². The maximum Gasteiger partial charge on any atom is 0.166 e.